The Morgan fingerprint density at radius 3 is 2.79 bits per heavy atom. The van der Waals surface area contributed by atoms with Crippen LogP contribution in [0.5, 0.6) is 0 Å². The number of aryl methyl sites for hydroxylation is 1. The Bertz CT molecular complexity index is 1140. The molecule has 0 aliphatic carbocycles. The molecule has 0 radical (unpaired) electrons. The molecule has 1 aromatic carbocycles. The normalized spacial score (nSPS) is 16.5. The number of thiophene rings is 1. The lowest BCUT2D eigenvalue weighted by atomic mass is 9.82. The van der Waals surface area contributed by atoms with Gasteiger partial charge in [-0.2, -0.15) is 23.5 Å². The molecule has 3 aromatic rings. The van der Waals surface area contributed by atoms with Crippen LogP contribution in [0.15, 0.2) is 24.4 Å². The Hall–Kier alpha value is -2.70. The summed E-state index contributed by atoms with van der Waals surface area (Å²) in [5.74, 6) is -1.11. The number of alkyl halides is 3. The molecule has 0 unspecified atom stereocenters. The molecular weight excluding hydrogens is 404 g/mol. The highest BCUT2D eigenvalue weighted by atomic mass is 32.1. The predicted molar refractivity (Wildman–Crippen MR) is 101 cm³/mol. The third-order valence-corrected chi connectivity index (χ3v) is 6.35. The molecule has 4 rings (SSSR count). The summed E-state index contributed by atoms with van der Waals surface area (Å²) in [6, 6.07) is 6.47. The van der Waals surface area contributed by atoms with Crippen molar-refractivity contribution in [1.82, 2.24) is 15.1 Å². The maximum atomic E-state index is 14.9. The van der Waals surface area contributed by atoms with Gasteiger partial charge >= 0.3 is 6.18 Å². The molecule has 150 valence electrons. The summed E-state index contributed by atoms with van der Waals surface area (Å²) in [5.41, 5.74) is 0.647. The summed E-state index contributed by atoms with van der Waals surface area (Å²) in [7, 11) is 1.38. The first kappa shape index (κ1) is 19.6. The minimum atomic E-state index is -4.71. The first-order chi connectivity index (χ1) is 13.7. The number of hydrogen-bond acceptors (Lipinski definition) is 4. The van der Waals surface area contributed by atoms with Gasteiger partial charge in [0, 0.05) is 48.3 Å². The molecule has 1 aliphatic rings. The van der Waals surface area contributed by atoms with Crippen molar-refractivity contribution in [3.8, 4) is 17.2 Å². The van der Waals surface area contributed by atoms with E-state index in [2.05, 4.69) is 16.5 Å². The third kappa shape index (κ3) is 3.22. The smallest absolute Gasteiger partial charge is 0.311 e. The monoisotopic (exact) mass is 420 g/mol. The zero-order valence-corrected chi connectivity index (χ0v) is 16.4. The average molecular weight is 420 g/mol. The zero-order valence-electron chi connectivity index (χ0n) is 15.6. The minimum Gasteiger partial charge on any atom is -0.311 e. The molecule has 1 N–H and O–H groups in total. The SMILES string of the molecule is Cc1c(C#N)sc2c1[C@H](c1cccc(F)c1-c1cn(C)nc1C(F)(F)F)CNC2. The van der Waals surface area contributed by atoms with Crippen LogP contribution in [-0.2, 0) is 19.8 Å². The quantitative estimate of drug-likeness (QED) is 0.611. The van der Waals surface area contributed by atoms with E-state index in [4.69, 9.17) is 0 Å². The largest absolute Gasteiger partial charge is 0.435 e. The van der Waals surface area contributed by atoms with E-state index in [1.165, 1.54) is 30.6 Å². The number of aromatic nitrogens is 2. The second-order valence-electron chi connectivity index (χ2n) is 6.96. The van der Waals surface area contributed by atoms with E-state index in [1.807, 2.05) is 6.92 Å². The topological polar surface area (TPSA) is 53.6 Å². The van der Waals surface area contributed by atoms with Crippen molar-refractivity contribution in [1.29, 1.82) is 5.26 Å². The van der Waals surface area contributed by atoms with Crippen LogP contribution in [0.2, 0.25) is 0 Å². The number of nitrogens with zero attached hydrogens (tertiary/aromatic N) is 3. The van der Waals surface area contributed by atoms with E-state index in [-0.39, 0.29) is 17.0 Å². The first-order valence-corrected chi connectivity index (χ1v) is 9.66. The minimum absolute atomic E-state index is 0.100. The van der Waals surface area contributed by atoms with Gasteiger partial charge in [-0.3, -0.25) is 4.68 Å². The molecule has 1 atom stereocenters. The molecule has 0 saturated heterocycles. The Kier molecular flexibility index (Phi) is 4.71. The molecular formula is C20H16F4N4S. The summed E-state index contributed by atoms with van der Waals surface area (Å²) < 4.78 is 56.7. The molecule has 9 heteroatoms. The van der Waals surface area contributed by atoms with Crippen molar-refractivity contribution in [3.63, 3.8) is 0 Å². The van der Waals surface area contributed by atoms with Crippen molar-refractivity contribution >= 4 is 11.3 Å². The van der Waals surface area contributed by atoms with Crippen LogP contribution in [-0.4, -0.2) is 16.3 Å². The maximum Gasteiger partial charge on any atom is 0.435 e. The molecule has 29 heavy (non-hydrogen) atoms. The van der Waals surface area contributed by atoms with Crippen LogP contribution in [0.4, 0.5) is 17.6 Å². The number of nitriles is 1. The van der Waals surface area contributed by atoms with Gasteiger partial charge in [0.25, 0.3) is 0 Å². The van der Waals surface area contributed by atoms with Crippen molar-refractivity contribution in [2.45, 2.75) is 25.6 Å². The van der Waals surface area contributed by atoms with Gasteiger partial charge in [-0.15, -0.1) is 11.3 Å². The number of rotatable bonds is 2. The second-order valence-corrected chi connectivity index (χ2v) is 8.06. The summed E-state index contributed by atoms with van der Waals surface area (Å²) in [4.78, 5) is 1.52. The molecule has 3 heterocycles. The van der Waals surface area contributed by atoms with Crippen LogP contribution in [0.25, 0.3) is 11.1 Å². The van der Waals surface area contributed by atoms with Crippen LogP contribution >= 0.6 is 11.3 Å². The third-order valence-electron chi connectivity index (χ3n) is 5.14. The van der Waals surface area contributed by atoms with Crippen molar-refractivity contribution < 1.29 is 17.6 Å². The highest BCUT2D eigenvalue weighted by Crippen LogP contribution is 2.44. The Labute approximate surface area is 168 Å². The van der Waals surface area contributed by atoms with Crippen molar-refractivity contribution in [2.24, 2.45) is 7.05 Å². The lowest BCUT2D eigenvalue weighted by molar-refractivity contribution is -0.141. The van der Waals surface area contributed by atoms with Crippen LogP contribution in [0.3, 0.4) is 0 Å². The Morgan fingerprint density at radius 1 is 1.34 bits per heavy atom. The molecule has 0 fully saturated rings. The lowest BCUT2D eigenvalue weighted by Gasteiger charge is -2.27. The molecule has 0 amide bonds. The maximum absolute atomic E-state index is 14.9. The van der Waals surface area contributed by atoms with Crippen molar-refractivity contribution in [3.05, 3.63) is 62.4 Å². The average Bonchev–Trinajstić information content (AvgIpc) is 3.21. The lowest BCUT2D eigenvalue weighted by Crippen LogP contribution is -2.28. The molecule has 2 aromatic heterocycles. The highest BCUT2D eigenvalue weighted by molar-refractivity contribution is 7.12. The van der Waals surface area contributed by atoms with Gasteiger partial charge in [-0.05, 0) is 29.7 Å². The second kappa shape index (κ2) is 6.97. The van der Waals surface area contributed by atoms with E-state index in [9.17, 15) is 22.8 Å². The van der Waals surface area contributed by atoms with Gasteiger partial charge in [0.15, 0.2) is 5.69 Å². The zero-order chi connectivity index (χ0) is 20.9. The van der Waals surface area contributed by atoms with E-state index in [0.717, 1.165) is 26.8 Å². The number of nitrogens with one attached hydrogen (secondary N) is 1. The van der Waals surface area contributed by atoms with E-state index in [1.54, 1.807) is 6.07 Å². The molecule has 4 nitrogen and oxygen atoms in total. The fourth-order valence-corrected chi connectivity index (χ4v) is 5.11. The van der Waals surface area contributed by atoms with Gasteiger partial charge in [0.1, 0.15) is 16.8 Å². The van der Waals surface area contributed by atoms with E-state index in [0.29, 0.717) is 23.5 Å². The van der Waals surface area contributed by atoms with E-state index < -0.39 is 17.7 Å². The molecule has 0 saturated carbocycles. The standard InChI is InChI=1S/C20H16F4N4S/c1-10-15(6-25)29-16-8-26-7-12(17(10)16)11-4-3-5-14(21)18(11)13-9-28(2)27-19(13)20(22,23)24/h3-5,9,12,26H,7-8H2,1-2H3/t12-/m0/s1. The summed E-state index contributed by atoms with van der Waals surface area (Å²) in [6.07, 6.45) is -3.51. The number of fused-ring (bicyclic) bond motifs is 1. The summed E-state index contributed by atoms with van der Waals surface area (Å²) in [5, 5.41) is 16.1. The van der Waals surface area contributed by atoms with Gasteiger partial charge in [0.05, 0.1) is 0 Å². The molecule has 0 bridgehead atoms. The van der Waals surface area contributed by atoms with Crippen molar-refractivity contribution in [2.75, 3.05) is 6.54 Å². The van der Waals surface area contributed by atoms with Crippen LogP contribution < -0.4 is 5.32 Å². The molecule has 0 spiro atoms. The Balaban J connectivity index is 1.96. The number of benzene rings is 1. The van der Waals surface area contributed by atoms with Gasteiger partial charge < -0.3 is 5.32 Å². The number of halogens is 4. The Morgan fingerprint density at radius 2 is 2.10 bits per heavy atom. The number of hydrogen-bond donors (Lipinski definition) is 1. The van der Waals surface area contributed by atoms with Crippen LogP contribution in [0.1, 0.15) is 38.1 Å². The van der Waals surface area contributed by atoms with Gasteiger partial charge in [-0.1, -0.05) is 12.1 Å². The molecule has 1 aliphatic heterocycles. The first-order valence-electron chi connectivity index (χ1n) is 8.85. The van der Waals surface area contributed by atoms with Crippen LogP contribution in [0, 0.1) is 24.1 Å². The van der Waals surface area contributed by atoms with Gasteiger partial charge in [-0.25, -0.2) is 4.39 Å². The summed E-state index contributed by atoms with van der Waals surface area (Å²) in [6.45, 7) is 2.84. The fraction of sp³-hybridized carbons (Fsp3) is 0.300. The fourth-order valence-electron chi connectivity index (χ4n) is 3.97. The van der Waals surface area contributed by atoms with E-state index >= 15 is 0 Å². The van der Waals surface area contributed by atoms with Gasteiger partial charge in [0.2, 0.25) is 0 Å². The predicted octanol–water partition coefficient (Wildman–Crippen LogP) is 4.72. The highest BCUT2D eigenvalue weighted by Gasteiger charge is 2.39. The summed E-state index contributed by atoms with van der Waals surface area (Å²) >= 11 is 1.36.